The van der Waals surface area contributed by atoms with Gasteiger partial charge in [0.2, 0.25) is 0 Å². The summed E-state index contributed by atoms with van der Waals surface area (Å²) in [6, 6.07) is 9.48. The van der Waals surface area contributed by atoms with E-state index >= 15 is 0 Å². The second kappa shape index (κ2) is 10.1. The number of ether oxygens (including phenoxy) is 1. The molecule has 0 heterocycles. The summed E-state index contributed by atoms with van der Waals surface area (Å²) in [7, 11) is 0. The number of allylic oxidation sites excluding steroid dienone is 4. The summed E-state index contributed by atoms with van der Waals surface area (Å²) in [4.78, 5) is 12.7. The Kier molecular flexibility index (Phi) is 7.27. The van der Waals surface area contributed by atoms with E-state index in [-0.39, 0.29) is 12.1 Å². The monoisotopic (exact) mass is 488 g/mol. The molecular formula is C34H48O2. The zero-order valence-corrected chi connectivity index (χ0v) is 23.4. The van der Waals surface area contributed by atoms with Crippen LogP contribution in [0.2, 0.25) is 0 Å². The maximum absolute atomic E-state index is 12.7. The smallest absolute Gasteiger partial charge is 0.338 e. The van der Waals surface area contributed by atoms with Crippen molar-refractivity contribution >= 4 is 5.97 Å². The third kappa shape index (κ3) is 4.63. The van der Waals surface area contributed by atoms with Gasteiger partial charge in [-0.1, -0.05) is 84.2 Å². The van der Waals surface area contributed by atoms with Crippen molar-refractivity contribution in [1.82, 2.24) is 0 Å². The van der Waals surface area contributed by atoms with E-state index in [4.69, 9.17) is 4.74 Å². The van der Waals surface area contributed by atoms with E-state index in [1.165, 1.54) is 44.9 Å². The minimum atomic E-state index is -0.158. The molecule has 0 saturated heterocycles. The Balaban J connectivity index is 1.26. The number of carbonyl (C=O) groups is 1. The van der Waals surface area contributed by atoms with E-state index in [0.717, 1.165) is 37.0 Å². The van der Waals surface area contributed by atoms with Crippen molar-refractivity contribution < 1.29 is 9.53 Å². The van der Waals surface area contributed by atoms with Crippen molar-refractivity contribution in [2.45, 2.75) is 105 Å². The standard InChI is InChI=1S/C34H48O2/c1-23(2)10-9-11-24(3)29-16-17-30-28-15-14-26-22-27(36-32(35)25-12-7-6-8-13-25)18-20-33(26,4)31(28)19-21-34(29,30)5/h6-8,12-13,15,17,23-24,26-27,29,31H,9-11,14,16,18-22H2,1-5H3/t24-,26+,27+,29-,31-,33-,34-/m0/s1. The summed E-state index contributed by atoms with van der Waals surface area (Å²) in [6.45, 7) is 12.4. The predicted octanol–water partition coefficient (Wildman–Crippen LogP) is 9.17. The van der Waals surface area contributed by atoms with Crippen LogP contribution >= 0.6 is 0 Å². The lowest BCUT2D eigenvalue weighted by molar-refractivity contribution is -0.0409. The molecule has 0 amide bonds. The topological polar surface area (TPSA) is 26.3 Å². The second-order valence-electron chi connectivity index (χ2n) is 13.5. The molecule has 0 radical (unpaired) electrons. The fraction of sp³-hybridized carbons (Fsp3) is 0.676. The first kappa shape index (κ1) is 25.8. The van der Waals surface area contributed by atoms with E-state index < -0.39 is 0 Å². The summed E-state index contributed by atoms with van der Waals surface area (Å²) in [5, 5.41) is 0. The summed E-state index contributed by atoms with van der Waals surface area (Å²) in [5.41, 5.74) is 4.80. The fourth-order valence-corrected chi connectivity index (χ4v) is 8.71. The van der Waals surface area contributed by atoms with Crippen LogP contribution in [0.15, 0.2) is 53.6 Å². The molecule has 0 N–H and O–H groups in total. The number of fused-ring (bicyclic) bond motifs is 5. The van der Waals surface area contributed by atoms with E-state index in [1.807, 2.05) is 30.3 Å². The summed E-state index contributed by atoms with van der Waals surface area (Å²) < 4.78 is 6.01. The molecule has 4 aliphatic carbocycles. The minimum Gasteiger partial charge on any atom is -0.459 e. The molecule has 0 spiro atoms. The molecule has 36 heavy (non-hydrogen) atoms. The molecule has 4 aliphatic rings. The van der Waals surface area contributed by atoms with Crippen LogP contribution in [0.3, 0.4) is 0 Å². The Morgan fingerprint density at radius 2 is 1.78 bits per heavy atom. The molecule has 1 aromatic rings. The van der Waals surface area contributed by atoms with Gasteiger partial charge >= 0.3 is 5.97 Å². The van der Waals surface area contributed by atoms with Crippen LogP contribution in [0.4, 0.5) is 0 Å². The average Bonchev–Trinajstić information content (AvgIpc) is 3.22. The van der Waals surface area contributed by atoms with Gasteiger partial charge in [0, 0.05) is 0 Å². The first-order valence-electron chi connectivity index (χ1n) is 14.9. The fourth-order valence-electron chi connectivity index (χ4n) is 8.71. The third-order valence-corrected chi connectivity index (χ3v) is 11.0. The van der Waals surface area contributed by atoms with Crippen LogP contribution in [0.25, 0.3) is 0 Å². The molecule has 7 atom stereocenters. The van der Waals surface area contributed by atoms with Crippen molar-refractivity contribution in [3.63, 3.8) is 0 Å². The van der Waals surface area contributed by atoms with Gasteiger partial charge in [-0.2, -0.15) is 0 Å². The van der Waals surface area contributed by atoms with Crippen LogP contribution in [0.5, 0.6) is 0 Å². The molecule has 1 aromatic carbocycles. The number of carbonyl (C=O) groups excluding carboxylic acids is 1. The number of esters is 1. The van der Waals surface area contributed by atoms with Crippen molar-refractivity contribution in [3.05, 3.63) is 59.2 Å². The van der Waals surface area contributed by atoms with Gasteiger partial charge in [0.25, 0.3) is 0 Å². The van der Waals surface area contributed by atoms with Crippen molar-refractivity contribution in [1.29, 1.82) is 0 Å². The third-order valence-electron chi connectivity index (χ3n) is 11.0. The molecule has 5 rings (SSSR count). The molecule has 0 unspecified atom stereocenters. The molecule has 0 bridgehead atoms. The van der Waals surface area contributed by atoms with Gasteiger partial charge in [-0.25, -0.2) is 4.79 Å². The summed E-state index contributed by atoms with van der Waals surface area (Å²) >= 11 is 0. The van der Waals surface area contributed by atoms with E-state index in [2.05, 4.69) is 46.8 Å². The molecule has 2 saturated carbocycles. The molecular weight excluding hydrogens is 440 g/mol. The van der Waals surface area contributed by atoms with Gasteiger partial charge in [0.15, 0.2) is 0 Å². The minimum absolute atomic E-state index is 0.0568. The van der Waals surface area contributed by atoms with E-state index in [9.17, 15) is 4.79 Å². The summed E-state index contributed by atoms with van der Waals surface area (Å²) in [6.07, 6.45) is 17.7. The molecule has 2 heteroatoms. The lowest BCUT2D eigenvalue weighted by Crippen LogP contribution is -2.48. The Hall–Kier alpha value is -1.83. The second-order valence-corrected chi connectivity index (χ2v) is 13.5. The summed E-state index contributed by atoms with van der Waals surface area (Å²) in [5.74, 6) is 3.57. The van der Waals surface area contributed by atoms with Gasteiger partial charge in [-0.05, 0) is 109 Å². The van der Waals surface area contributed by atoms with Crippen molar-refractivity contribution in [2.75, 3.05) is 0 Å². The zero-order valence-electron chi connectivity index (χ0n) is 23.4. The Morgan fingerprint density at radius 3 is 2.53 bits per heavy atom. The van der Waals surface area contributed by atoms with Gasteiger partial charge in [-0.15, -0.1) is 0 Å². The Morgan fingerprint density at radius 1 is 1.00 bits per heavy atom. The van der Waals surface area contributed by atoms with Gasteiger partial charge in [0.1, 0.15) is 6.10 Å². The average molecular weight is 489 g/mol. The van der Waals surface area contributed by atoms with Crippen molar-refractivity contribution in [2.24, 2.45) is 40.4 Å². The molecule has 2 fully saturated rings. The van der Waals surface area contributed by atoms with Crippen molar-refractivity contribution in [3.8, 4) is 0 Å². The van der Waals surface area contributed by atoms with Crippen LogP contribution in [0.1, 0.15) is 109 Å². The number of hydrogen-bond donors (Lipinski definition) is 0. The van der Waals surface area contributed by atoms with Crippen LogP contribution in [0, 0.1) is 40.4 Å². The Bertz CT molecular complexity index is 1000. The van der Waals surface area contributed by atoms with Crippen LogP contribution in [-0.2, 0) is 4.74 Å². The normalized spacial score (nSPS) is 36.3. The quantitative estimate of drug-likeness (QED) is 0.358. The van der Waals surface area contributed by atoms with Crippen LogP contribution < -0.4 is 0 Å². The predicted molar refractivity (Wildman–Crippen MR) is 149 cm³/mol. The molecule has 196 valence electrons. The van der Waals surface area contributed by atoms with E-state index in [0.29, 0.717) is 28.2 Å². The lowest BCUT2D eigenvalue weighted by Gasteiger charge is -2.56. The highest BCUT2D eigenvalue weighted by atomic mass is 16.5. The van der Waals surface area contributed by atoms with E-state index in [1.54, 1.807) is 11.1 Å². The zero-order chi connectivity index (χ0) is 25.5. The molecule has 0 aliphatic heterocycles. The SMILES string of the molecule is CC(C)CCC[C@H](C)[C@@H]1CC=C2C3=CC[C@@H]4C[C@H](OC(=O)c5ccccc5)CC[C@]4(C)[C@H]3CC[C@]21C. The highest BCUT2D eigenvalue weighted by Crippen LogP contribution is 2.65. The number of benzene rings is 1. The van der Waals surface area contributed by atoms with Gasteiger partial charge in [0.05, 0.1) is 5.56 Å². The number of hydrogen-bond acceptors (Lipinski definition) is 2. The number of rotatable bonds is 7. The lowest BCUT2D eigenvalue weighted by atomic mass is 9.48. The van der Waals surface area contributed by atoms with Gasteiger partial charge < -0.3 is 4.74 Å². The largest absolute Gasteiger partial charge is 0.459 e. The Labute approximate surface area is 220 Å². The highest BCUT2D eigenvalue weighted by molar-refractivity contribution is 5.89. The first-order valence-corrected chi connectivity index (χ1v) is 14.9. The maximum Gasteiger partial charge on any atom is 0.338 e. The molecule has 2 nitrogen and oxygen atoms in total. The maximum atomic E-state index is 12.7. The molecule has 0 aromatic heterocycles. The highest BCUT2D eigenvalue weighted by Gasteiger charge is 2.55. The first-order chi connectivity index (χ1) is 17.2. The van der Waals surface area contributed by atoms with Crippen LogP contribution in [-0.4, -0.2) is 12.1 Å². The van der Waals surface area contributed by atoms with Gasteiger partial charge in [-0.3, -0.25) is 0 Å².